The van der Waals surface area contributed by atoms with Crippen molar-refractivity contribution < 1.29 is 20.1 Å². The number of hydrogen-bond donors (Lipinski definition) is 4. The quantitative estimate of drug-likeness (QED) is 0.572. The topological polar surface area (TPSA) is 126 Å². The third kappa shape index (κ3) is 3.14. The maximum Gasteiger partial charge on any atom is 0.226 e. The van der Waals surface area contributed by atoms with Crippen LogP contribution in [0.2, 0.25) is 5.28 Å². The molecule has 26 heavy (non-hydrogen) atoms. The van der Waals surface area contributed by atoms with Gasteiger partial charge in [0.1, 0.15) is 18.3 Å². The lowest BCUT2D eigenvalue weighted by atomic mass is 9.95. The van der Waals surface area contributed by atoms with E-state index in [1.54, 1.807) is 0 Å². The van der Waals surface area contributed by atoms with Gasteiger partial charge in [-0.05, 0) is 24.4 Å². The Balaban J connectivity index is 1.67. The molecule has 4 atom stereocenters. The van der Waals surface area contributed by atoms with E-state index >= 15 is 0 Å². The molecule has 1 saturated heterocycles. The fraction of sp³-hybridized carbons (Fsp3) is 0.688. The van der Waals surface area contributed by atoms with Crippen LogP contribution in [-0.2, 0) is 4.74 Å². The van der Waals surface area contributed by atoms with Crippen molar-refractivity contribution in [3.8, 4) is 0 Å². The van der Waals surface area contributed by atoms with Gasteiger partial charge in [-0.15, -0.1) is 0 Å². The summed E-state index contributed by atoms with van der Waals surface area (Å²) in [5, 5.41) is 33.0. The van der Waals surface area contributed by atoms with E-state index in [9.17, 15) is 15.3 Å². The molecule has 1 aliphatic heterocycles. The Labute approximate surface area is 155 Å². The molecule has 2 aromatic rings. The predicted octanol–water partition coefficient (Wildman–Crippen LogP) is 0.836. The molecule has 4 N–H and O–H groups in total. The summed E-state index contributed by atoms with van der Waals surface area (Å²) in [4.78, 5) is 12.9. The molecule has 1 saturated carbocycles. The van der Waals surface area contributed by atoms with Gasteiger partial charge in [-0.3, -0.25) is 4.57 Å². The summed E-state index contributed by atoms with van der Waals surface area (Å²) in [5.74, 6) is 0.553. The molecular weight excluding hydrogens is 362 g/mol. The van der Waals surface area contributed by atoms with Crippen molar-refractivity contribution in [3.63, 3.8) is 0 Å². The van der Waals surface area contributed by atoms with E-state index in [0.717, 1.165) is 12.8 Å². The van der Waals surface area contributed by atoms with Gasteiger partial charge in [0.2, 0.25) is 5.28 Å². The third-order valence-corrected chi connectivity index (χ3v) is 5.30. The molecule has 10 heteroatoms. The van der Waals surface area contributed by atoms with Crippen molar-refractivity contribution in [2.45, 2.75) is 62.7 Å². The summed E-state index contributed by atoms with van der Waals surface area (Å²) >= 11 is 6.10. The number of fused-ring (bicyclic) bond motifs is 1. The summed E-state index contributed by atoms with van der Waals surface area (Å²) in [5.41, 5.74) is 0.927. The van der Waals surface area contributed by atoms with Crippen LogP contribution in [0.4, 0.5) is 5.82 Å². The van der Waals surface area contributed by atoms with E-state index in [1.807, 2.05) is 0 Å². The lowest BCUT2D eigenvalue weighted by Crippen LogP contribution is -2.33. The van der Waals surface area contributed by atoms with Crippen LogP contribution in [0.3, 0.4) is 0 Å². The first-order valence-electron chi connectivity index (χ1n) is 8.87. The molecule has 4 rings (SSSR count). The summed E-state index contributed by atoms with van der Waals surface area (Å²) in [6.07, 6.45) is 3.02. The van der Waals surface area contributed by atoms with E-state index in [4.69, 9.17) is 16.3 Å². The summed E-state index contributed by atoms with van der Waals surface area (Å²) < 4.78 is 7.08. The second kappa shape index (κ2) is 7.24. The first-order chi connectivity index (χ1) is 12.6. The summed E-state index contributed by atoms with van der Waals surface area (Å²) in [6.45, 7) is -0.397. The standard InChI is InChI=1S/C16H22ClN5O4/c17-16-20-13(19-8-4-2-1-3-5-8)10-14(21-16)22(7-18-10)15-12(25)11(24)9(6-23)26-15/h7-9,11-12,15,23-25H,1-6H2,(H,19,20,21)/t9-,11-,12-,15?/m1/s1. The van der Waals surface area contributed by atoms with Crippen LogP contribution in [0.5, 0.6) is 0 Å². The molecular formula is C16H22ClN5O4. The number of hydrogen-bond acceptors (Lipinski definition) is 8. The lowest BCUT2D eigenvalue weighted by Gasteiger charge is -2.23. The van der Waals surface area contributed by atoms with Crippen LogP contribution in [0.1, 0.15) is 38.3 Å². The Morgan fingerprint density at radius 2 is 1.96 bits per heavy atom. The van der Waals surface area contributed by atoms with Crippen LogP contribution in [0.15, 0.2) is 6.33 Å². The minimum absolute atomic E-state index is 0.0595. The fourth-order valence-corrected chi connectivity index (χ4v) is 3.89. The van der Waals surface area contributed by atoms with Crippen molar-refractivity contribution in [1.82, 2.24) is 19.5 Å². The largest absolute Gasteiger partial charge is 0.394 e. The number of aromatic nitrogens is 4. The molecule has 142 valence electrons. The minimum Gasteiger partial charge on any atom is -0.394 e. The van der Waals surface area contributed by atoms with Crippen molar-refractivity contribution in [2.24, 2.45) is 0 Å². The van der Waals surface area contributed by atoms with Crippen LogP contribution in [0, 0.1) is 0 Å². The lowest BCUT2D eigenvalue weighted by molar-refractivity contribution is -0.0511. The molecule has 0 spiro atoms. The fourth-order valence-electron chi connectivity index (χ4n) is 3.73. The van der Waals surface area contributed by atoms with Gasteiger partial charge in [0, 0.05) is 6.04 Å². The monoisotopic (exact) mass is 383 g/mol. The predicted molar refractivity (Wildman–Crippen MR) is 93.8 cm³/mol. The van der Waals surface area contributed by atoms with E-state index in [0.29, 0.717) is 23.0 Å². The average Bonchev–Trinajstić information content (AvgIpc) is 3.17. The number of aliphatic hydroxyl groups is 3. The maximum absolute atomic E-state index is 10.3. The van der Waals surface area contributed by atoms with Gasteiger partial charge in [-0.25, -0.2) is 4.98 Å². The van der Waals surface area contributed by atoms with E-state index in [2.05, 4.69) is 20.3 Å². The zero-order valence-corrected chi connectivity index (χ0v) is 14.9. The van der Waals surface area contributed by atoms with Gasteiger partial charge in [-0.1, -0.05) is 19.3 Å². The summed E-state index contributed by atoms with van der Waals surface area (Å²) in [6, 6.07) is 0.317. The van der Waals surface area contributed by atoms with Crippen molar-refractivity contribution in [1.29, 1.82) is 0 Å². The Hall–Kier alpha value is -1.52. The number of imidazole rings is 1. The number of rotatable bonds is 4. The molecule has 2 aliphatic rings. The summed E-state index contributed by atoms with van der Waals surface area (Å²) in [7, 11) is 0. The molecule has 2 fully saturated rings. The Morgan fingerprint density at radius 3 is 2.65 bits per heavy atom. The van der Waals surface area contributed by atoms with Gasteiger partial charge in [0.25, 0.3) is 0 Å². The second-order valence-electron chi connectivity index (χ2n) is 6.87. The average molecular weight is 384 g/mol. The van der Waals surface area contributed by atoms with Crippen LogP contribution in [-0.4, -0.2) is 65.8 Å². The van der Waals surface area contributed by atoms with Gasteiger partial charge in [0.15, 0.2) is 23.2 Å². The van der Waals surface area contributed by atoms with Gasteiger partial charge < -0.3 is 25.4 Å². The molecule has 1 unspecified atom stereocenters. The molecule has 1 aliphatic carbocycles. The zero-order valence-electron chi connectivity index (χ0n) is 14.1. The molecule has 3 heterocycles. The first kappa shape index (κ1) is 17.9. The highest BCUT2D eigenvalue weighted by Gasteiger charge is 2.44. The van der Waals surface area contributed by atoms with Crippen molar-refractivity contribution in [2.75, 3.05) is 11.9 Å². The molecule has 9 nitrogen and oxygen atoms in total. The second-order valence-corrected chi connectivity index (χ2v) is 7.21. The third-order valence-electron chi connectivity index (χ3n) is 5.13. The molecule has 0 radical (unpaired) electrons. The van der Waals surface area contributed by atoms with Gasteiger partial charge in [-0.2, -0.15) is 9.97 Å². The number of anilines is 1. The number of aliphatic hydroxyl groups excluding tert-OH is 3. The number of halogens is 1. The maximum atomic E-state index is 10.3. The number of ether oxygens (including phenoxy) is 1. The molecule has 0 amide bonds. The van der Waals surface area contributed by atoms with Gasteiger partial charge in [0.05, 0.1) is 12.9 Å². The Kier molecular flexibility index (Phi) is 4.98. The Morgan fingerprint density at radius 1 is 1.19 bits per heavy atom. The van der Waals surface area contributed by atoms with Crippen LogP contribution in [0.25, 0.3) is 11.2 Å². The van der Waals surface area contributed by atoms with Crippen molar-refractivity contribution in [3.05, 3.63) is 11.6 Å². The highest BCUT2D eigenvalue weighted by molar-refractivity contribution is 6.28. The highest BCUT2D eigenvalue weighted by atomic mass is 35.5. The van der Waals surface area contributed by atoms with E-state index in [1.165, 1.54) is 30.2 Å². The number of nitrogens with one attached hydrogen (secondary N) is 1. The smallest absolute Gasteiger partial charge is 0.226 e. The molecule has 0 aromatic carbocycles. The van der Waals surface area contributed by atoms with Crippen molar-refractivity contribution >= 4 is 28.6 Å². The van der Waals surface area contributed by atoms with E-state index < -0.39 is 31.1 Å². The molecule has 2 aromatic heterocycles. The van der Waals surface area contributed by atoms with Gasteiger partial charge >= 0.3 is 0 Å². The van der Waals surface area contributed by atoms with E-state index in [-0.39, 0.29) is 5.28 Å². The zero-order chi connectivity index (χ0) is 18.3. The van der Waals surface area contributed by atoms with Crippen LogP contribution >= 0.6 is 11.6 Å². The first-order valence-corrected chi connectivity index (χ1v) is 9.25. The normalized spacial score (nSPS) is 30.2. The number of nitrogens with zero attached hydrogens (tertiary/aromatic N) is 4. The minimum atomic E-state index is -1.21. The highest BCUT2D eigenvalue weighted by Crippen LogP contribution is 2.33. The Bertz CT molecular complexity index is 781. The molecule has 0 bridgehead atoms. The SMILES string of the molecule is OC[C@H]1OC(n2cnc3c(NC4CCCCC4)nc(Cl)nc32)[C@H](O)[C@@H]1O. The van der Waals surface area contributed by atoms with Crippen LogP contribution < -0.4 is 5.32 Å².